The van der Waals surface area contributed by atoms with E-state index in [0.29, 0.717) is 12.5 Å². The van der Waals surface area contributed by atoms with Gasteiger partial charge in [-0.1, -0.05) is 0 Å². The highest BCUT2D eigenvalue weighted by atomic mass is 19.4. The van der Waals surface area contributed by atoms with Crippen LogP contribution < -0.4 is 4.90 Å². The number of alkyl halides is 6. The molecule has 1 aliphatic carbocycles. The summed E-state index contributed by atoms with van der Waals surface area (Å²) in [6, 6.07) is 2.95. The lowest BCUT2D eigenvalue weighted by atomic mass is 9.95. The molecule has 1 aliphatic heterocycles. The summed E-state index contributed by atoms with van der Waals surface area (Å²) in [6.07, 6.45) is -11.5. The van der Waals surface area contributed by atoms with Crippen molar-refractivity contribution < 1.29 is 31.4 Å². The molecule has 0 unspecified atom stereocenters. The van der Waals surface area contributed by atoms with Gasteiger partial charge in [-0.15, -0.1) is 0 Å². The van der Waals surface area contributed by atoms with Crippen LogP contribution in [0.25, 0.3) is 0 Å². The van der Waals surface area contributed by atoms with Gasteiger partial charge in [0.2, 0.25) is 0 Å². The van der Waals surface area contributed by atoms with Gasteiger partial charge < -0.3 is 10.0 Å². The molecule has 2 aliphatic rings. The molecule has 0 radical (unpaired) electrons. The van der Waals surface area contributed by atoms with Crippen LogP contribution in [-0.4, -0.2) is 30.0 Å². The molecule has 4 atom stereocenters. The number of fused-ring (bicyclic) bond motifs is 1. The van der Waals surface area contributed by atoms with E-state index in [1.54, 1.807) is 0 Å². The lowest BCUT2D eigenvalue weighted by molar-refractivity contribution is -0.211. The van der Waals surface area contributed by atoms with Gasteiger partial charge in [0.25, 0.3) is 0 Å². The first-order valence-electron chi connectivity index (χ1n) is 7.65. The lowest BCUT2D eigenvalue weighted by Gasteiger charge is -2.40. The number of halogens is 6. The topological polar surface area (TPSA) is 47.3 Å². The minimum atomic E-state index is -4.86. The van der Waals surface area contributed by atoms with Crippen LogP contribution in [-0.2, 0) is 6.18 Å². The van der Waals surface area contributed by atoms with Crippen molar-refractivity contribution in [2.75, 3.05) is 11.4 Å². The van der Waals surface area contributed by atoms with Crippen molar-refractivity contribution >= 4 is 5.69 Å². The van der Waals surface area contributed by atoms with Gasteiger partial charge in [-0.3, -0.25) is 0 Å². The molecule has 136 valence electrons. The number of rotatable bonds is 2. The molecule has 1 saturated carbocycles. The predicted octanol–water partition coefficient (Wildman–Crippen LogP) is 3.72. The Balaban J connectivity index is 1.99. The average Bonchev–Trinajstić information content (AvgIpc) is 3.29. The van der Waals surface area contributed by atoms with E-state index in [1.165, 1.54) is 17.0 Å². The van der Waals surface area contributed by atoms with Crippen LogP contribution >= 0.6 is 0 Å². The average molecular weight is 364 g/mol. The molecule has 0 bridgehead atoms. The van der Waals surface area contributed by atoms with E-state index in [-0.39, 0.29) is 30.5 Å². The normalized spacial score (nSPS) is 27.4. The molecule has 1 N–H and O–H groups in total. The summed E-state index contributed by atoms with van der Waals surface area (Å²) in [5.41, 5.74) is -1.85. The van der Waals surface area contributed by atoms with Crippen molar-refractivity contribution in [2.24, 2.45) is 11.8 Å². The molecule has 25 heavy (non-hydrogen) atoms. The molecule has 1 heterocycles. The summed E-state index contributed by atoms with van der Waals surface area (Å²) in [4.78, 5) is 1.20. The Hall–Kier alpha value is -1.95. The number of aliphatic hydroxyl groups excluding tert-OH is 1. The molecule has 3 nitrogen and oxygen atoms in total. The van der Waals surface area contributed by atoms with Crippen molar-refractivity contribution in [3.8, 4) is 6.07 Å². The monoisotopic (exact) mass is 364 g/mol. The van der Waals surface area contributed by atoms with E-state index in [4.69, 9.17) is 5.26 Å². The second kappa shape index (κ2) is 5.80. The van der Waals surface area contributed by atoms with E-state index in [1.807, 2.05) is 0 Å². The van der Waals surface area contributed by atoms with Crippen molar-refractivity contribution in [1.29, 1.82) is 5.26 Å². The third-order valence-electron chi connectivity index (χ3n) is 4.91. The summed E-state index contributed by atoms with van der Waals surface area (Å²) in [5.74, 6) is 0.195. The zero-order valence-electron chi connectivity index (χ0n) is 12.8. The standard InChI is InChI=1S/C16H14F6N2O/c17-15(18,19)12-5-11(2-1-8(12)6-23)24-7-10-3-9(10)4-13(24)14(25)16(20,21)22/h1-2,5,9-10,13-14,25H,3-4,7H2/t9-,10+,13+,14+/m0/s1. The SMILES string of the molecule is N#Cc1ccc(N2C[C@H]3C[C@H]3C[C@@H]2[C@@H](O)C(F)(F)F)cc1C(F)(F)F. The summed E-state index contributed by atoms with van der Waals surface area (Å²) in [6.45, 7) is 0.158. The maximum Gasteiger partial charge on any atom is 0.417 e. The van der Waals surface area contributed by atoms with Gasteiger partial charge in [-0.25, -0.2) is 0 Å². The number of nitrogens with zero attached hydrogens (tertiary/aromatic N) is 2. The minimum absolute atomic E-state index is 0.0648. The van der Waals surface area contributed by atoms with Crippen LogP contribution in [0.3, 0.4) is 0 Å². The highest BCUT2D eigenvalue weighted by Crippen LogP contribution is 2.50. The highest BCUT2D eigenvalue weighted by molar-refractivity contribution is 5.56. The maximum atomic E-state index is 13.1. The largest absolute Gasteiger partial charge is 0.417 e. The van der Waals surface area contributed by atoms with Crippen molar-refractivity contribution in [2.45, 2.75) is 37.3 Å². The molecule has 0 spiro atoms. The zero-order chi connectivity index (χ0) is 18.6. The summed E-state index contributed by atoms with van der Waals surface area (Å²) < 4.78 is 78.2. The van der Waals surface area contributed by atoms with Crippen LogP contribution in [0.5, 0.6) is 0 Å². The quantitative estimate of drug-likeness (QED) is 0.814. The van der Waals surface area contributed by atoms with Crippen LogP contribution in [0.1, 0.15) is 24.0 Å². The second-order valence-electron chi connectivity index (χ2n) is 6.54. The van der Waals surface area contributed by atoms with Gasteiger partial charge in [0.15, 0.2) is 6.10 Å². The molecule has 1 aromatic rings. The Kier molecular flexibility index (Phi) is 4.14. The fraction of sp³-hybridized carbons (Fsp3) is 0.562. The Morgan fingerprint density at radius 1 is 1.12 bits per heavy atom. The van der Waals surface area contributed by atoms with Crippen molar-refractivity contribution in [1.82, 2.24) is 0 Å². The van der Waals surface area contributed by atoms with Gasteiger partial charge in [0.1, 0.15) is 0 Å². The van der Waals surface area contributed by atoms with E-state index < -0.39 is 35.6 Å². The fourth-order valence-electron chi connectivity index (χ4n) is 3.51. The number of hydrogen-bond donors (Lipinski definition) is 1. The van der Waals surface area contributed by atoms with Gasteiger partial charge in [-0.2, -0.15) is 31.6 Å². The Labute approximate surface area is 139 Å². The third kappa shape index (κ3) is 3.40. The number of anilines is 1. The first-order valence-corrected chi connectivity index (χ1v) is 7.65. The molecular formula is C16H14F6N2O. The zero-order valence-corrected chi connectivity index (χ0v) is 12.8. The third-order valence-corrected chi connectivity index (χ3v) is 4.91. The van der Waals surface area contributed by atoms with E-state index >= 15 is 0 Å². The number of benzene rings is 1. The Morgan fingerprint density at radius 3 is 2.36 bits per heavy atom. The fourth-order valence-corrected chi connectivity index (χ4v) is 3.51. The van der Waals surface area contributed by atoms with Crippen LogP contribution in [0, 0.1) is 23.2 Å². The number of piperidine rings is 1. The van der Waals surface area contributed by atoms with E-state index in [0.717, 1.165) is 6.07 Å². The maximum absolute atomic E-state index is 13.1. The lowest BCUT2D eigenvalue weighted by Crippen LogP contribution is -2.53. The molecule has 1 saturated heterocycles. The van der Waals surface area contributed by atoms with Gasteiger partial charge in [0, 0.05) is 12.2 Å². The van der Waals surface area contributed by atoms with Crippen molar-refractivity contribution in [3.63, 3.8) is 0 Å². The van der Waals surface area contributed by atoms with Gasteiger partial charge in [-0.05, 0) is 42.9 Å². The predicted molar refractivity (Wildman–Crippen MR) is 75.6 cm³/mol. The molecule has 2 fully saturated rings. The summed E-state index contributed by atoms with van der Waals surface area (Å²) in [7, 11) is 0. The van der Waals surface area contributed by atoms with Crippen LogP contribution in [0.4, 0.5) is 32.0 Å². The first-order chi connectivity index (χ1) is 11.5. The van der Waals surface area contributed by atoms with Gasteiger partial charge >= 0.3 is 12.4 Å². The minimum Gasteiger partial charge on any atom is -0.382 e. The molecular weight excluding hydrogens is 350 g/mol. The first kappa shape index (κ1) is 17.9. The van der Waals surface area contributed by atoms with Crippen molar-refractivity contribution in [3.05, 3.63) is 29.3 Å². The van der Waals surface area contributed by atoms with Crippen LogP contribution in [0.15, 0.2) is 18.2 Å². The highest BCUT2D eigenvalue weighted by Gasteiger charge is 2.53. The summed E-state index contributed by atoms with van der Waals surface area (Å²) in [5, 5.41) is 18.5. The van der Waals surface area contributed by atoms with E-state index in [2.05, 4.69) is 0 Å². The van der Waals surface area contributed by atoms with Gasteiger partial charge in [0.05, 0.1) is 23.2 Å². The Bertz CT molecular complexity index is 708. The summed E-state index contributed by atoms with van der Waals surface area (Å²) >= 11 is 0. The number of aliphatic hydroxyl groups is 1. The molecule has 3 rings (SSSR count). The number of nitriles is 1. The molecule has 0 aromatic heterocycles. The number of hydrogen-bond acceptors (Lipinski definition) is 3. The molecule has 9 heteroatoms. The Morgan fingerprint density at radius 2 is 1.80 bits per heavy atom. The van der Waals surface area contributed by atoms with Crippen LogP contribution in [0.2, 0.25) is 0 Å². The van der Waals surface area contributed by atoms with E-state index in [9.17, 15) is 31.4 Å². The smallest absolute Gasteiger partial charge is 0.382 e. The molecule has 0 amide bonds. The second-order valence-corrected chi connectivity index (χ2v) is 6.54. The molecule has 1 aromatic carbocycles.